The molecule has 278 valence electrons. The van der Waals surface area contributed by atoms with Gasteiger partial charge in [0.2, 0.25) is 0 Å². The van der Waals surface area contributed by atoms with Crippen LogP contribution in [-0.4, -0.2) is 0 Å². The molecule has 0 spiro atoms. The third kappa shape index (κ3) is 5.89. The van der Waals surface area contributed by atoms with Crippen molar-refractivity contribution in [3.63, 3.8) is 0 Å². The molecule has 10 aromatic rings. The van der Waals surface area contributed by atoms with Gasteiger partial charge in [0.1, 0.15) is 23.3 Å². The Kier molecular flexibility index (Phi) is 6.31. The molecule has 0 aliphatic carbocycles. The first-order valence-corrected chi connectivity index (χ1v) is 18.1. The molecule has 0 N–H and O–H groups in total. The number of nitrogens with zero attached hydrogens (tertiary/aromatic N) is 2. The first-order chi connectivity index (χ1) is 32.6. The number of halogens is 4. The highest BCUT2D eigenvalue weighted by molar-refractivity contribution is 6.28. The summed E-state index contributed by atoms with van der Waals surface area (Å²) in [6.45, 7) is 0. The third-order valence-electron chi connectivity index (χ3n) is 10.2. The minimum absolute atomic E-state index is 0.188. The molecule has 0 radical (unpaired) electrons. The molecular weight excluding hydrogens is 729 g/mol. The SMILES string of the molecule is [2H]c1c([2H])c([2H])c(-c2cc(N(c3ccccc3)c3ccc4ccc5c(N(c6ccccc6)c6cc(-c7c([2H])c([2H])c([2H])c([2H])c7[2H])c(F)cc6F)ccc6ccc3c4c65)c(F)cc2F)c([2H])c1[2H]. The quantitative estimate of drug-likeness (QED) is 0.112. The van der Waals surface area contributed by atoms with Gasteiger partial charge in [-0.05, 0) is 81.2 Å². The Hall–Kier alpha value is -7.44. The van der Waals surface area contributed by atoms with Crippen molar-refractivity contribution in [3.05, 3.63) is 217 Å². The Labute approximate surface area is 346 Å². The lowest BCUT2D eigenvalue weighted by atomic mass is 9.91. The van der Waals surface area contributed by atoms with Gasteiger partial charge in [0.05, 0.1) is 36.5 Å². The zero-order valence-electron chi connectivity index (χ0n) is 40.1. The van der Waals surface area contributed by atoms with E-state index in [1.165, 1.54) is 0 Å². The van der Waals surface area contributed by atoms with E-state index >= 15 is 17.6 Å². The summed E-state index contributed by atoms with van der Waals surface area (Å²) in [5, 5.41) is 4.10. The van der Waals surface area contributed by atoms with Crippen LogP contribution in [0.4, 0.5) is 51.7 Å². The minimum Gasteiger partial charge on any atom is -0.307 e. The number of benzene rings is 10. The lowest BCUT2D eigenvalue weighted by Crippen LogP contribution is -2.13. The summed E-state index contributed by atoms with van der Waals surface area (Å²) in [4.78, 5) is 3.12. The van der Waals surface area contributed by atoms with Crippen LogP contribution in [0.15, 0.2) is 194 Å². The van der Waals surface area contributed by atoms with Gasteiger partial charge < -0.3 is 9.80 Å². The van der Waals surface area contributed by atoms with Crippen LogP contribution < -0.4 is 9.80 Å². The second-order valence-corrected chi connectivity index (χ2v) is 13.5. The van der Waals surface area contributed by atoms with Crippen molar-refractivity contribution in [2.45, 2.75) is 0 Å². The zero-order chi connectivity index (χ0) is 48.0. The highest BCUT2D eigenvalue weighted by atomic mass is 19.1. The average Bonchev–Trinajstić information content (AvgIpc) is 3.34. The summed E-state index contributed by atoms with van der Waals surface area (Å²) < 4.78 is 149. The summed E-state index contributed by atoms with van der Waals surface area (Å²) >= 11 is 0. The van der Waals surface area contributed by atoms with Crippen molar-refractivity contribution in [1.82, 2.24) is 0 Å². The highest BCUT2D eigenvalue weighted by Gasteiger charge is 2.26. The van der Waals surface area contributed by atoms with Gasteiger partial charge in [-0.2, -0.15) is 0 Å². The van der Waals surface area contributed by atoms with Crippen LogP contribution in [0.25, 0.3) is 54.6 Å². The molecule has 6 heteroatoms. The number of hydrogen-bond acceptors (Lipinski definition) is 2. The summed E-state index contributed by atoms with van der Waals surface area (Å²) in [5.74, 6) is -4.28. The summed E-state index contributed by atoms with van der Waals surface area (Å²) in [6.07, 6.45) is 0. The van der Waals surface area contributed by atoms with Crippen LogP contribution in [0.1, 0.15) is 13.7 Å². The Balaban J connectivity index is 1.23. The van der Waals surface area contributed by atoms with Crippen molar-refractivity contribution in [2.75, 3.05) is 9.80 Å². The summed E-state index contributed by atoms with van der Waals surface area (Å²) in [7, 11) is 0. The molecule has 0 unspecified atom stereocenters. The van der Waals surface area contributed by atoms with E-state index in [1.54, 1.807) is 82.6 Å². The van der Waals surface area contributed by atoms with E-state index in [0.29, 0.717) is 56.4 Å². The molecule has 10 rings (SSSR count). The van der Waals surface area contributed by atoms with Crippen molar-refractivity contribution in [2.24, 2.45) is 0 Å². The van der Waals surface area contributed by atoms with E-state index in [0.717, 1.165) is 22.9 Å². The lowest BCUT2D eigenvalue weighted by molar-refractivity contribution is 0.586. The molecule has 0 aliphatic rings. The fourth-order valence-electron chi connectivity index (χ4n) is 7.70. The molecule has 58 heavy (non-hydrogen) atoms. The molecule has 0 amide bonds. The summed E-state index contributed by atoms with van der Waals surface area (Å²) in [6, 6.07) is 28.8. The van der Waals surface area contributed by atoms with Gasteiger partial charge in [0.25, 0.3) is 0 Å². The second-order valence-electron chi connectivity index (χ2n) is 13.5. The summed E-state index contributed by atoms with van der Waals surface area (Å²) in [5.41, 5.74) is -0.341. The smallest absolute Gasteiger partial charge is 0.150 e. The molecule has 0 fully saturated rings. The standard InChI is InChI=1S/C52H32F4N2/c53-43-31-45(55)49(29-41(43)33-13-5-1-6-14-33)57(37-17-9-3-10-18-37)47-27-23-35-22-26-40-48(28-24-36-21-25-39(47)51(35)52(36)40)58(38-19-11-4-12-20-38)50-30-42(44(54)32-46(50)56)34-15-7-2-8-16-34/h1-32H/i1D,2D,5D,6D,7D,8D,13D,14D,15D,16D. The maximum Gasteiger partial charge on any atom is 0.150 e. The maximum atomic E-state index is 16.6. The molecule has 10 aromatic carbocycles. The van der Waals surface area contributed by atoms with E-state index in [4.69, 9.17) is 13.7 Å². The molecule has 0 aromatic heterocycles. The largest absolute Gasteiger partial charge is 0.307 e. The minimum atomic E-state index is -1.14. The van der Waals surface area contributed by atoms with Gasteiger partial charge in [-0.1, -0.05) is 133 Å². The van der Waals surface area contributed by atoms with Gasteiger partial charge in [-0.25, -0.2) is 17.6 Å². The fraction of sp³-hybridized carbons (Fsp3) is 0. The van der Waals surface area contributed by atoms with Crippen LogP contribution >= 0.6 is 0 Å². The van der Waals surface area contributed by atoms with Crippen LogP contribution in [0.3, 0.4) is 0 Å². The Morgan fingerprint density at radius 1 is 0.362 bits per heavy atom. The predicted octanol–water partition coefficient (Wildman–Crippen LogP) is 15.4. The fourth-order valence-corrected chi connectivity index (χ4v) is 7.70. The zero-order valence-corrected chi connectivity index (χ0v) is 30.1. The predicted molar refractivity (Wildman–Crippen MR) is 230 cm³/mol. The second kappa shape index (κ2) is 14.3. The van der Waals surface area contributed by atoms with Crippen molar-refractivity contribution >= 4 is 66.4 Å². The molecule has 2 nitrogen and oxygen atoms in total. The molecule has 0 bridgehead atoms. The van der Waals surface area contributed by atoms with Crippen molar-refractivity contribution in [1.29, 1.82) is 0 Å². The van der Waals surface area contributed by atoms with Gasteiger partial charge in [-0.3, -0.25) is 0 Å². The third-order valence-corrected chi connectivity index (χ3v) is 10.2. The van der Waals surface area contributed by atoms with E-state index in [1.807, 2.05) is 36.4 Å². The normalized spacial score (nSPS) is 13.9. The number of anilines is 6. The Morgan fingerprint density at radius 2 is 0.741 bits per heavy atom. The molecular formula is C52H32F4N2. The monoisotopic (exact) mass is 770 g/mol. The molecule has 0 saturated carbocycles. The topological polar surface area (TPSA) is 6.48 Å². The van der Waals surface area contributed by atoms with Crippen LogP contribution in [0, 0.1) is 23.3 Å². The molecule has 0 atom stereocenters. The van der Waals surface area contributed by atoms with E-state index < -0.39 is 106 Å². The van der Waals surface area contributed by atoms with Gasteiger partial charge in [-0.15, -0.1) is 0 Å². The van der Waals surface area contributed by atoms with E-state index in [2.05, 4.69) is 0 Å². The molecule has 0 heterocycles. The number of para-hydroxylation sites is 2. The molecule has 0 saturated heterocycles. The van der Waals surface area contributed by atoms with E-state index in [-0.39, 0.29) is 11.4 Å². The Bertz CT molecular complexity index is 3410. The van der Waals surface area contributed by atoms with Gasteiger partial charge >= 0.3 is 0 Å². The highest BCUT2D eigenvalue weighted by Crippen LogP contribution is 2.49. The van der Waals surface area contributed by atoms with Crippen LogP contribution in [0.2, 0.25) is 0 Å². The maximum absolute atomic E-state index is 16.6. The average molecular weight is 771 g/mol. The first-order valence-electron chi connectivity index (χ1n) is 23.1. The number of rotatable bonds is 8. The number of hydrogen-bond donors (Lipinski definition) is 0. The van der Waals surface area contributed by atoms with Crippen molar-refractivity contribution < 1.29 is 31.3 Å². The van der Waals surface area contributed by atoms with Crippen molar-refractivity contribution in [3.8, 4) is 22.3 Å². The molecule has 0 aliphatic heterocycles. The van der Waals surface area contributed by atoms with E-state index in [9.17, 15) is 0 Å². The first kappa shape index (κ1) is 25.7. The van der Waals surface area contributed by atoms with Crippen LogP contribution in [0.5, 0.6) is 0 Å². The Morgan fingerprint density at radius 3 is 1.14 bits per heavy atom. The van der Waals surface area contributed by atoms with Gasteiger partial charge in [0, 0.05) is 45.4 Å². The lowest BCUT2D eigenvalue weighted by Gasteiger charge is -2.30. The van der Waals surface area contributed by atoms with Crippen LogP contribution in [-0.2, 0) is 0 Å². The van der Waals surface area contributed by atoms with Gasteiger partial charge in [0.15, 0.2) is 0 Å².